The van der Waals surface area contributed by atoms with E-state index in [2.05, 4.69) is 39.9 Å². The molecule has 0 heterocycles. The van der Waals surface area contributed by atoms with Crippen LogP contribution in [0.15, 0.2) is 0 Å². The summed E-state index contributed by atoms with van der Waals surface area (Å²) >= 11 is 0. The molecular formula is C19H37NO3. The maximum absolute atomic E-state index is 11.6. The first-order chi connectivity index (χ1) is 10.6. The van der Waals surface area contributed by atoms with Crippen LogP contribution in [-0.4, -0.2) is 31.4 Å². The highest BCUT2D eigenvalue weighted by Gasteiger charge is 2.25. The number of hydrogen-bond acceptors (Lipinski definition) is 3. The molecule has 0 spiro atoms. The first-order valence-corrected chi connectivity index (χ1v) is 8.96. The number of rotatable bonds is 12. The summed E-state index contributed by atoms with van der Waals surface area (Å²) in [6, 6.07) is 0. The molecule has 0 saturated carbocycles. The fraction of sp³-hybridized carbons (Fsp3) is 0.895. The largest absolute Gasteiger partial charge is 0.381 e. The molecule has 136 valence electrons. The van der Waals surface area contributed by atoms with Crippen molar-refractivity contribution in [3.8, 4) is 0 Å². The molecule has 0 aromatic carbocycles. The summed E-state index contributed by atoms with van der Waals surface area (Å²) in [7, 11) is 0. The summed E-state index contributed by atoms with van der Waals surface area (Å²) < 4.78 is 5.82. The van der Waals surface area contributed by atoms with Gasteiger partial charge in [-0.15, -0.1) is 0 Å². The van der Waals surface area contributed by atoms with E-state index >= 15 is 0 Å². The van der Waals surface area contributed by atoms with Crippen LogP contribution in [0, 0.1) is 17.3 Å². The Bertz CT molecular complexity index is 345. The van der Waals surface area contributed by atoms with Crippen LogP contribution in [0.3, 0.4) is 0 Å². The molecule has 0 rings (SSSR count). The number of ether oxygens (including phenoxy) is 1. The van der Waals surface area contributed by atoms with Crippen molar-refractivity contribution in [2.75, 3.05) is 19.8 Å². The zero-order chi connectivity index (χ0) is 17.9. The molecule has 4 nitrogen and oxygen atoms in total. The summed E-state index contributed by atoms with van der Waals surface area (Å²) in [5.74, 6) is 1.40. The Morgan fingerprint density at radius 2 is 1.74 bits per heavy atom. The van der Waals surface area contributed by atoms with Crippen molar-refractivity contribution in [1.82, 2.24) is 5.32 Å². The minimum Gasteiger partial charge on any atom is -0.381 e. The fourth-order valence-electron chi connectivity index (χ4n) is 2.45. The van der Waals surface area contributed by atoms with Crippen molar-refractivity contribution < 1.29 is 14.3 Å². The van der Waals surface area contributed by atoms with E-state index in [0.29, 0.717) is 44.2 Å². The number of carbonyl (C=O) groups excluding carboxylic acids is 2. The molecule has 0 aliphatic rings. The lowest BCUT2D eigenvalue weighted by Gasteiger charge is -2.32. The van der Waals surface area contributed by atoms with Crippen molar-refractivity contribution >= 4 is 11.7 Å². The van der Waals surface area contributed by atoms with Crippen LogP contribution >= 0.6 is 0 Å². The molecule has 0 aromatic rings. The summed E-state index contributed by atoms with van der Waals surface area (Å²) in [5, 5.41) is 2.88. The lowest BCUT2D eigenvalue weighted by Crippen LogP contribution is -2.28. The van der Waals surface area contributed by atoms with E-state index in [1.165, 1.54) is 6.42 Å². The SMILES string of the molecule is CC(=O)CCCC(=O)NCCCOCC(CC(C)C)C(C)(C)C. The molecule has 23 heavy (non-hydrogen) atoms. The van der Waals surface area contributed by atoms with Gasteiger partial charge in [-0.1, -0.05) is 34.6 Å². The van der Waals surface area contributed by atoms with Crippen LogP contribution < -0.4 is 5.32 Å². The standard InChI is InChI=1S/C19H37NO3/c1-15(2)13-17(19(4,5)6)14-23-12-8-11-20-18(22)10-7-9-16(3)21/h15,17H,7-14H2,1-6H3,(H,20,22). The maximum Gasteiger partial charge on any atom is 0.220 e. The van der Waals surface area contributed by atoms with E-state index < -0.39 is 0 Å². The molecule has 0 aliphatic heterocycles. The topological polar surface area (TPSA) is 55.4 Å². The Balaban J connectivity index is 3.74. The first-order valence-electron chi connectivity index (χ1n) is 8.96. The van der Waals surface area contributed by atoms with Gasteiger partial charge < -0.3 is 14.8 Å². The summed E-state index contributed by atoms with van der Waals surface area (Å²) in [5.41, 5.74) is 0.259. The quantitative estimate of drug-likeness (QED) is 0.552. The number of nitrogens with one attached hydrogen (secondary N) is 1. The second kappa shape index (κ2) is 11.6. The molecule has 0 aliphatic carbocycles. The Morgan fingerprint density at radius 3 is 2.26 bits per heavy atom. The average Bonchev–Trinajstić information content (AvgIpc) is 2.39. The van der Waals surface area contributed by atoms with Gasteiger partial charge in [0.25, 0.3) is 0 Å². The fourth-order valence-corrected chi connectivity index (χ4v) is 2.45. The van der Waals surface area contributed by atoms with Crippen LogP contribution in [-0.2, 0) is 14.3 Å². The van der Waals surface area contributed by atoms with E-state index in [9.17, 15) is 9.59 Å². The van der Waals surface area contributed by atoms with Gasteiger partial charge in [-0.2, -0.15) is 0 Å². The Labute approximate surface area is 142 Å². The van der Waals surface area contributed by atoms with Gasteiger partial charge in [0.15, 0.2) is 0 Å². The highest BCUT2D eigenvalue weighted by Crippen LogP contribution is 2.31. The molecule has 1 amide bonds. The van der Waals surface area contributed by atoms with Gasteiger partial charge in [-0.25, -0.2) is 0 Å². The van der Waals surface area contributed by atoms with E-state index in [1.807, 2.05) is 0 Å². The van der Waals surface area contributed by atoms with E-state index in [0.717, 1.165) is 13.0 Å². The van der Waals surface area contributed by atoms with Gasteiger partial charge in [0, 0.05) is 32.6 Å². The molecule has 0 bridgehead atoms. The zero-order valence-corrected chi connectivity index (χ0v) is 16.0. The first kappa shape index (κ1) is 22.1. The number of hydrogen-bond donors (Lipinski definition) is 1. The summed E-state index contributed by atoms with van der Waals surface area (Å²) in [4.78, 5) is 22.4. The molecule has 0 saturated heterocycles. The smallest absolute Gasteiger partial charge is 0.220 e. The Morgan fingerprint density at radius 1 is 1.09 bits per heavy atom. The Hall–Kier alpha value is -0.900. The van der Waals surface area contributed by atoms with Crippen molar-refractivity contribution in [2.24, 2.45) is 17.3 Å². The van der Waals surface area contributed by atoms with Crippen molar-refractivity contribution in [3.05, 3.63) is 0 Å². The van der Waals surface area contributed by atoms with E-state index in [-0.39, 0.29) is 17.1 Å². The number of carbonyl (C=O) groups is 2. The minimum atomic E-state index is 0.0265. The molecule has 0 fully saturated rings. The van der Waals surface area contributed by atoms with Crippen LogP contribution in [0.25, 0.3) is 0 Å². The molecule has 1 atom stereocenters. The molecule has 0 aromatic heterocycles. The van der Waals surface area contributed by atoms with Crippen LogP contribution in [0.1, 0.15) is 73.6 Å². The second-order valence-electron chi connectivity index (χ2n) is 8.03. The highest BCUT2D eigenvalue weighted by atomic mass is 16.5. The predicted molar refractivity (Wildman–Crippen MR) is 95.4 cm³/mol. The normalized spacial score (nSPS) is 13.2. The lowest BCUT2D eigenvalue weighted by molar-refractivity contribution is -0.121. The van der Waals surface area contributed by atoms with Crippen molar-refractivity contribution in [1.29, 1.82) is 0 Å². The maximum atomic E-state index is 11.6. The number of Topliss-reactive ketones (excluding diaryl/α,β-unsaturated/α-hetero) is 1. The van der Waals surface area contributed by atoms with E-state index in [1.54, 1.807) is 6.92 Å². The van der Waals surface area contributed by atoms with E-state index in [4.69, 9.17) is 4.74 Å². The van der Waals surface area contributed by atoms with Gasteiger partial charge in [0.1, 0.15) is 5.78 Å². The molecule has 4 heteroatoms. The van der Waals surface area contributed by atoms with Crippen LogP contribution in [0.2, 0.25) is 0 Å². The highest BCUT2D eigenvalue weighted by molar-refractivity contribution is 5.78. The van der Waals surface area contributed by atoms with Gasteiger partial charge in [0.05, 0.1) is 0 Å². The molecular weight excluding hydrogens is 290 g/mol. The number of ketones is 1. The zero-order valence-electron chi connectivity index (χ0n) is 16.0. The van der Waals surface area contributed by atoms with Gasteiger partial charge in [0.2, 0.25) is 5.91 Å². The second-order valence-corrected chi connectivity index (χ2v) is 8.03. The third-order valence-corrected chi connectivity index (χ3v) is 4.02. The summed E-state index contributed by atoms with van der Waals surface area (Å²) in [6.45, 7) is 15.0. The molecule has 1 unspecified atom stereocenters. The van der Waals surface area contributed by atoms with Gasteiger partial charge in [-0.05, 0) is 43.4 Å². The predicted octanol–water partition coefficient (Wildman–Crippen LogP) is 3.98. The Kier molecular flexibility index (Phi) is 11.2. The van der Waals surface area contributed by atoms with Gasteiger partial charge in [-0.3, -0.25) is 4.79 Å². The van der Waals surface area contributed by atoms with Gasteiger partial charge >= 0.3 is 0 Å². The van der Waals surface area contributed by atoms with Crippen molar-refractivity contribution in [3.63, 3.8) is 0 Å². The average molecular weight is 328 g/mol. The van der Waals surface area contributed by atoms with Crippen LogP contribution in [0.4, 0.5) is 0 Å². The monoisotopic (exact) mass is 327 g/mol. The third-order valence-electron chi connectivity index (χ3n) is 4.02. The molecule has 0 radical (unpaired) electrons. The lowest BCUT2D eigenvalue weighted by atomic mass is 9.77. The third kappa shape index (κ3) is 13.3. The summed E-state index contributed by atoms with van der Waals surface area (Å²) in [6.07, 6.45) is 3.56. The minimum absolute atomic E-state index is 0.0265. The van der Waals surface area contributed by atoms with Crippen LogP contribution in [0.5, 0.6) is 0 Å². The van der Waals surface area contributed by atoms with Crippen molar-refractivity contribution in [2.45, 2.75) is 73.6 Å². The molecule has 1 N–H and O–H groups in total. The number of amides is 1.